The minimum Gasteiger partial charge on any atom is -0.331 e. The molecule has 1 N–H and O–H groups in total. The lowest BCUT2D eigenvalue weighted by molar-refractivity contribution is -0.109. The van der Waals surface area contributed by atoms with Crippen molar-refractivity contribution in [1.29, 1.82) is 0 Å². The van der Waals surface area contributed by atoms with E-state index in [0.717, 1.165) is 18.1 Å². The molecule has 0 saturated heterocycles. The molecule has 102 valence electrons. The highest BCUT2D eigenvalue weighted by Crippen LogP contribution is 2.32. The number of anilines is 2. The van der Waals surface area contributed by atoms with Gasteiger partial charge in [-0.1, -0.05) is 29.8 Å². The van der Waals surface area contributed by atoms with Crippen molar-refractivity contribution in [1.82, 2.24) is 15.4 Å². The van der Waals surface area contributed by atoms with Gasteiger partial charge in [0.1, 0.15) is 18.7 Å². The molecule has 0 fully saturated rings. The zero-order valence-electron chi connectivity index (χ0n) is 11.2. The number of aromatic nitrogens is 2. The number of aryl methyl sites for hydroxylation is 1. The van der Waals surface area contributed by atoms with Crippen LogP contribution in [0.15, 0.2) is 36.8 Å². The highest BCUT2D eigenvalue weighted by molar-refractivity contribution is 5.72. The number of hydrazine groups is 1. The van der Waals surface area contributed by atoms with Crippen molar-refractivity contribution < 1.29 is 4.79 Å². The van der Waals surface area contributed by atoms with Crippen LogP contribution in [0.5, 0.6) is 0 Å². The number of benzene rings is 1. The molecule has 6 heteroatoms. The summed E-state index contributed by atoms with van der Waals surface area (Å²) in [6, 6.07) is 8.39. The molecule has 0 spiro atoms. The molecule has 2 heterocycles. The van der Waals surface area contributed by atoms with Gasteiger partial charge in [-0.25, -0.2) is 9.97 Å². The molecule has 0 bridgehead atoms. The van der Waals surface area contributed by atoms with Crippen molar-refractivity contribution >= 4 is 17.9 Å². The zero-order chi connectivity index (χ0) is 13.9. The lowest BCUT2D eigenvalue weighted by Gasteiger charge is -2.19. The summed E-state index contributed by atoms with van der Waals surface area (Å²) in [7, 11) is 0. The molecule has 0 unspecified atom stereocenters. The van der Waals surface area contributed by atoms with Gasteiger partial charge in [0.25, 0.3) is 0 Å². The van der Waals surface area contributed by atoms with Crippen LogP contribution in [-0.2, 0) is 11.3 Å². The van der Waals surface area contributed by atoms with Gasteiger partial charge in [0.15, 0.2) is 5.82 Å². The summed E-state index contributed by atoms with van der Waals surface area (Å²) >= 11 is 0. The summed E-state index contributed by atoms with van der Waals surface area (Å²) in [5.41, 5.74) is 5.91. The van der Waals surface area contributed by atoms with E-state index >= 15 is 0 Å². The Morgan fingerprint density at radius 3 is 2.90 bits per heavy atom. The Hall–Kier alpha value is -2.63. The predicted octanol–water partition coefficient (Wildman–Crippen LogP) is 1.23. The maximum Gasteiger partial charge on any atom is 0.225 e. The van der Waals surface area contributed by atoms with Crippen LogP contribution >= 0.6 is 0 Å². The quantitative estimate of drug-likeness (QED) is 0.846. The van der Waals surface area contributed by atoms with Crippen molar-refractivity contribution in [2.75, 3.05) is 16.6 Å². The van der Waals surface area contributed by atoms with Crippen LogP contribution in [0.3, 0.4) is 0 Å². The lowest BCUT2D eigenvalue weighted by Crippen LogP contribution is -2.40. The largest absolute Gasteiger partial charge is 0.331 e. The molecule has 20 heavy (non-hydrogen) atoms. The van der Waals surface area contributed by atoms with Crippen LogP contribution in [0.1, 0.15) is 11.1 Å². The smallest absolute Gasteiger partial charge is 0.225 e. The van der Waals surface area contributed by atoms with E-state index < -0.39 is 0 Å². The molecule has 1 aromatic carbocycles. The topological polar surface area (TPSA) is 61.4 Å². The first-order chi connectivity index (χ1) is 9.78. The van der Waals surface area contributed by atoms with Gasteiger partial charge >= 0.3 is 0 Å². The van der Waals surface area contributed by atoms with Crippen molar-refractivity contribution in [3.63, 3.8) is 0 Å². The van der Waals surface area contributed by atoms with E-state index in [1.165, 1.54) is 17.5 Å². The molecule has 1 aromatic heterocycles. The van der Waals surface area contributed by atoms with Gasteiger partial charge in [-0.15, -0.1) is 0 Å². The SMILES string of the molecule is Cc1ccc(CN2CN(NC=O)c3cncnc32)cc1. The third-order valence-corrected chi connectivity index (χ3v) is 3.28. The van der Waals surface area contributed by atoms with Crippen LogP contribution in [-0.4, -0.2) is 23.0 Å². The number of nitrogens with one attached hydrogen (secondary N) is 1. The Morgan fingerprint density at radius 1 is 1.35 bits per heavy atom. The number of carbonyl (C=O) groups is 1. The normalized spacial score (nSPS) is 13.2. The first kappa shape index (κ1) is 12.4. The fourth-order valence-electron chi connectivity index (χ4n) is 2.28. The van der Waals surface area contributed by atoms with Crippen molar-refractivity contribution in [3.8, 4) is 0 Å². The van der Waals surface area contributed by atoms with E-state index in [0.29, 0.717) is 13.1 Å². The number of hydrogen-bond acceptors (Lipinski definition) is 5. The highest BCUT2D eigenvalue weighted by Gasteiger charge is 2.27. The summed E-state index contributed by atoms with van der Waals surface area (Å²) in [5.74, 6) is 0.829. The van der Waals surface area contributed by atoms with Gasteiger partial charge in [0, 0.05) is 6.54 Å². The van der Waals surface area contributed by atoms with E-state index in [-0.39, 0.29) is 0 Å². The fraction of sp³-hybridized carbons (Fsp3) is 0.214. The summed E-state index contributed by atoms with van der Waals surface area (Å²) in [4.78, 5) is 21.1. The maximum absolute atomic E-state index is 10.7. The molecule has 0 saturated carbocycles. The summed E-state index contributed by atoms with van der Waals surface area (Å²) in [6.07, 6.45) is 3.88. The minimum absolute atomic E-state index is 0.556. The Kier molecular flexibility index (Phi) is 3.20. The van der Waals surface area contributed by atoms with Crippen LogP contribution in [0.2, 0.25) is 0 Å². The second-order valence-electron chi connectivity index (χ2n) is 4.73. The second-order valence-corrected chi connectivity index (χ2v) is 4.73. The lowest BCUT2D eigenvalue weighted by atomic mass is 10.1. The third-order valence-electron chi connectivity index (χ3n) is 3.28. The highest BCUT2D eigenvalue weighted by atomic mass is 16.1. The number of rotatable bonds is 4. The molecule has 2 aromatic rings. The second kappa shape index (κ2) is 5.16. The van der Waals surface area contributed by atoms with Crippen LogP contribution in [0.4, 0.5) is 11.5 Å². The summed E-state index contributed by atoms with van der Waals surface area (Å²) in [6.45, 7) is 3.36. The van der Waals surface area contributed by atoms with Crippen LogP contribution in [0.25, 0.3) is 0 Å². The van der Waals surface area contributed by atoms with Gasteiger partial charge in [-0.05, 0) is 12.5 Å². The molecular formula is C14H15N5O. The number of nitrogens with zero attached hydrogens (tertiary/aromatic N) is 4. The van der Waals surface area contributed by atoms with Gasteiger partial charge in [-0.3, -0.25) is 15.2 Å². The molecule has 1 aliphatic rings. The van der Waals surface area contributed by atoms with E-state index in [1.807, 2.05) is 0 Å². The van der Waals surface area contributed by atoms with Gasteiger partial charge in [0.2, 0.25) is 6.41 Å². The molecule has 0 radical (unpaired) electrons. The van der Waals surface area contributed by atoms with E-state index in [4.69, 9.17) is 0 Å². The minimum atomic E-state index is 0.556. The fourth-order valence-corrected chi connectivity index (χ4v) is 2.28. The molecule has 3 rings (SSSR count). The average Bonchev–Trinajstić information content (AvgIpc) is 2.81. The van der Waals surface area contributed by atoms with Gasteiger partial charge in [-0.2, -0.15) is 0 Å². The van der Waals surface area contributed by atoms with E-state index in [9.17, 15) is 4.79 Å². The zero-order valence-corrected chi connectivity index (χ0v) is 11.2. The van der Waals surface area contributed by atoms with E-state index in [2.05, 4.69) is 51.5 Å². The first-order valence-electron chi connectivity index (χ1n) is 6.36. The van der Waals surface area contributed by atoms with Crippen molar-refractivity contribution in [2.24, 2.45) is 0 Å². The predicted molar refractivity (Wildman–Crippen MR) is 75.9 cm³/mol. The Morgan fingerprint density at radius 2 is 2.15 bits per heavy atom. The molecule has 1 aliphatic heterocycles. The molecule has 6 nitrogen and oxygen atoms in total. The maximum atomic E-state index is 10.7. The number of hydrogen-bond donors (Lipinski definition) is 1. The average molecular weight is 269 g/mol. The molecule has 1 amide bonds. The number of amides is 1. The Balaban J connectivity index is 1.84. The first-order valence-corrected chi connectivity index (χ1v) is 6.36. The Labute approximate surface area is 117 Å². The monoisotopic (exact) mass is 269 g/mol. The molecule has 0 atom stereocenters. The summed E-state index contributed by atoms with van der Waals surface area (Å²) < 4.78 is 0. The van der Waals surface area contributed by atoms with E-state index in [1.54, 1.807) is 11.2 Å². The van der Waals surface area contributed by atoms with Crippen molar-refractivity contribution in [3.05, 3.63) is 47.9 Å². The molecule has 0 aliphatic carbocycles. The third kappa shape index (κ3) is 2.27. The van der Waals surface area contributed by atoms with Crippen LogP contribution < -0.4 is 15.3 Å². The Bertz CT molecular complexity index is 613. The summed E-state index contributed by atoms with van der Waals surface area (Å²) in [5, 5.41) is 1.73. The molecular weight excluding hydrogens is 254 g/mol. The number of carbonyl (C=O) groups excluding carboxylic acids is 1. The van der Waals surface area contributed by atoms with Gasteiger partial charge < -0.3 is 4.90 Å². The van der Waals surface area contributed by atoms with Gasteiger partial charge in [0.05, 0.1) is 6.20 Å². The standard InChI is InChI=1S/C14H15N5O/c1-11-2-4-12(5-3-11)7-18-10-19(17-9-20)13-6-15-8-16-14(13)18/h2-6,8-9H,7,10H2,1H3,(H,17,20). The van der Waals surface area contributed by atoms with Crippen LogP contribution in [0, 0.1) is 6.92 Å². The van der Waals surface area contributed by atoms with Crippen molar-refractivity contribution in [2.45, 2.75) is 13.5 Å². The number of fused-ring (bicyclic) bond motifs is 1.